The topological polar surface area (TPSA) is 38.3 Å². The summed E-state index contributed by atoms with van der Waals surface area (Å²) in [6.45, 7) is 1.13. The second-order valence-corrected chi connectivity index (χ2v) is 3.90. The van der Waals surface area contributed by atoms with Gasteiger partial charge in [-0.05, 0) is 19.3 Å². The van der Waals surface area contributed by atoms with Gasteiger partial charge >= 0.3 is 6.09 Å². The number of allylic oxidation sites excluding steroid dienone is 1. The molecule has 0 aromatic rings. The fourth-order valence-corrected chi connectivity index (χ4v) is 1.63. The van der Waals surface area contributed by atoms with E-state index < -0.39 is 0 Å². The lowest BCUT2D eigenvalue weighted by atomic mass is 10.1. The van der Waals surface area contributed by atoms with Gasteiger partial charge in [0.25, 0.3) is 0 Å². The Hall–Kier alpha value is -0.990. The van der Waals surface area contributed by atoms with Gasteiger partial charge in [0, 0.05) is 6.54 Å². The molecule has 0 saturated carbocycles. The molecule has 3 heteroatoms. The highest BCUT2D eigenvalue weighted by Crippen LogP contribution is 2.07. The van der Waals surface area contributed by atoms with Gasteiger partial charge in [-0.15, -0.1) is 0 Å². The van der Waals surface area contributed by atoms with Gasteiger partial charge in [0.15, 0.2) is 0 Å². The number of carbonyl (C=O) groups is 1. The molecule has 1 amide bonds. The van der Waals surface area contributed by atoms with E-state index in [1.807, 2.05) is 6.08 Å². The number of ether oxygens (including phenoxy) is 1. The summed E-state index contributed by atoms with van der Waals surface area (Å²) in [5.41, 5.74) is 0. The van der Waals surface area contributed by atoms with Crippen molar-refractivity contribution in [3.8, 4) is 0 Å². The van der Waals surface area contributed by atoms with Crippen LogP contribution in [0.1, 0.15) is 44.9 Å². The van der Waals surface area contributed by atoms with Crippen molar-refractivity contribution in [3.63, 3.8) is 0 Å². The second-order valence-electron chi connectivity index (χ2n) is 3.90. The molecule has 0 aliphatic carbocycles. The summed E-state index contributed by atoms with van der Waals surface area (Å²) in [4.78, 5) is 11.1. The zero-order chi connectivity index (χ0) is 10.8. The van der Waals surface area contributed by atoms with E-state index in [0.29, 0.717) is 13.2 Å². The van der Waals surface area contributed by atoms with E-state index >= 15 is 0 Å². The van der Waals surface area contributed by atoms with Gasteiger partial charge in [-0.2, -0.15) is 0 Å². The number of nitrogens with one attached hydrogen (secondary N) is 1. The fraction of sp³-hybridized carbons (Fsp3) is 0.750. The first-order chi connectivity index (χ1) is 7.39. The minimum absolute atomic E-state index is 0.295. The quantitative estimate of drug-likeness (QED) is 0.625. The molecule has 0 atom stereocenters. The molecule has 0 aromatic carbocycles. The Bertz CT molecular complexity index is 202. The van der Waals surface area contributed by atoms with Gasteiger partial charge in [-0.25, -0.2) is 4.79 Å². The van der Waals surface area contributed by atoms with E-state index in [1.165, 1.54) is 32.1 Å². The lowest BCUT2D eigenvalue weighted by Gasteiger charge is -2.06. The molecule has 1 N–H and O–H groups in total. The zero-order valence-corrected chi connectivity index (χ0v) is 9.34. The SMILES string of the molecule is O=C1NC/C=C\CCCCCCCCO1. The number of alkyl carbamates (subject to hydrolysis) is 1. The third-order valence-corrected chi connectivity index (χ3v) is 2.53. The van der Waals surface area contributed by atoms with Gasteiger partial charge in [-0.1, -0.05) is 37.8 Å². The van der Waals surface area contributed by atoms with Crippen molar-refractivity contribution in [2.24, 2.45) is 0 Å². The first-order valence-electron chi connectivity index (χ1n) is 5.95. The Kier molecular flexibility index (Phi) is 6.71. The summed E-state index contributed by atoms with van der Waals surface area (Å²) < 4.78 is 5.00. The minimum atomic E-state index is -0.295. The molecule has 0 aromatic heterocycles. The first-order valence-corrected chi connectivity index (χ1v) is 5.95. The van der Waals surface area contributed by atoms with Crippen molar-refractivity contribution in [2.45, 2.75) is 44.9 Å². The molecule has 0 fully saturated rings. The van der Waals surface area contributed by atoms with Crippen LogP contribution in [0.2, 0.25) is 0 Å². The average molecular weight is 211 g/mol. The van der Waals surface area contributed by atoms with Gasteiger partial charge < -0.3 is 10.1 Å². The summed E-state index contributed by atoms with van der Waals surface area (Å²) in [6.07, 6.45) is 12.3. The minimum Gasteiger partial charge on any atom is -0.450 e. The number of cyclic esters (lactones) is 1. The van der Waals surface area contributed by atoms with E-state index in [-0.39, 0.29) is 6.09 Å². The molecule has 1 heterocycles. The summed E-state index contributed by atoms with van der Waals surface area (Å²) in [5, 5.41) is 2.69. The highest BCUT2D eigenvalue weighted by molar-refractivity contribution is 5.67. The van der Waals surface area contributed by atoms with E-state index in [9.17, 15) is 4.79 Å². The van der Waals surface area contributed by atoms with E-state index in [0.717, 1.165) is 12.8 Å². The van der Waals surface area contributed by atoms with E-state index in [1.54, 1.807) is 0 Å². The highest BCUT2D eigenvalue weighted by atomic mass is 16.5. The predicted molar refractivity (Wildman–Crippen MR) is 60.8 cm³/mol. The van der Waals surface area contributed by atoms with Crippen LogP contribution < -0.4 is 5.32 Å². The van der Waals surface area contributed by atoms with Gasteiger partial charge in [0.05, 0.1) is 6.61 Å². The molecule has 1 rings (SSSR count). The summed E-state index contributed by atoms with van der Waals surface area (Å²) >= 11 is 0. The highest BCUT2D eigenvalue weighted by Gasteiger charge is 1.99. The molecular formula is C12H21NO2. The molecule has 0 saturated heterocycles. The number of hydrogen-bond acceptors (Lipinski definition) is 2. The number of hydrogen-bond donors (Lipinski definition) is 1. The maximum absolute atomic E-state index is 11.1. The molecule has 86 valence electrons. The average Bonchev–Trinajstić information content (AvgIpc) is 2.24. The molecule has 0 spiro atoms. The molecular weight excluding hydrogens is 190 g/mol. The van der Waals surface area contributed by atoms with Crippen LogP contribution in [0.3, 0.4) is 0 Å². The van der Waals surface area contributed by atoms with Crippen molar-refractivity contribution in [1.29, 1.82) is 0 Å². The summed E-state index contributed by atoms with van der Waals surface area (Å²) in [5.74, 6) is 0. The van der Waals surface area contributed by atoms with Crippen molar-refractivity contribution >= 4 is 6.09 Å². The first kappa shape index (κ1) is 12.1. The molecule has 0 bridgehead atoms. The van der Waals surface area contributed by atoms with Crippen LogP contribution in [0.15, 0.2) is 12.2 Å². The Labute approximate surface area is 91.9 Å². The monoisotopic (exact) mass is 211 g/mol. The number of amides is 1. The van der Waals surface area contributed by atoms with Crippen LogP contribution in [0.4, 0.5) is 4.79 Å². The molecule has 1 aliphatic heterocycles. The molecule has 1 aliphatic rings. The largest absolute Gasteiger partial charge is 0.450 e. The van der Waals surface area contributed by atoms with Crippen LogP contribution in [-0.4, -0.2) is 19.2 Å². The molecule has 15 heavy (non-hydrogen) atoms. The molecule has 3 nitrogen and oxygen atoms in total. The van der Waals surface area contributed by atoms with Crippen LogP contribution in [-0.2, 0) is 4.74 Å². The Morgan fingerprint density at radius 2 is 1.73 bits per heavy atom. The standard InChI is InChI=1S/C12H21NO2/c14-12-13-10-8-6-4-2-1-3-5-7-9-11-15-12/h6,8H,1-5,7,9-11H2,(H,13,14)/b8-6-. The summed E-state index contributed by atoms with van der Waals surface area (Å²) in [6, 6.07) is 0. The van der Waals surface area contributed by atoms with Crippen molar-refractivity contribution < 1.29 is 9.53 Å². The summed E-state index contributed by atoms with van der Waals surface area (Å²) in [7, 11) is 0. The molecule has 0 radical (unpaired) electrons. The van der Waals surface area contributed by atoms with Crippen LogP contribution in [0.25, 0.3) is 0 Å². The Morgan fingerprint density at radius 1 is 1.00 bits per heavy atom. The molecule has 0 unspecified atom stereocenters. The normalized spacial score (nSPS) is 23.3. The number of rotatable bonds is 0. The fourth-order valence-electron chi connectivity index (χ4n) is 1.63. The van der Waals surface area contributed by atoms with E-state index in [4.69, 9.17) is 4.74 Å². The predicted octanol–water partition coefficient (Wildman–Crippen LogP) is 3.01. The van der Waals surface area contributed by atoms with E-state index in [2.05, 4.69) is 11.4 Å². The third kappa shape index (κ3) is 7.00. The second kappa shape index (κ2) is 8.33. The maximum Gasteiger partial charge on any atom is 0.407 e. The van der Waals surface area contributed by atoms with Gasteiger partial charge in [0.1, 0.15) is 0 Å². The Morgan fingerprint density at radius 3 is 2.60 bits per heavy atom. The smallest absolute Gasteiger partial charge is 0.407 e. The maximum atomic E-state index is 11.1. The van der Waals surface area contributed by atoms with Gasteiger partial charge in [-0.3, -0.25) is 0 Å². The lowest BCUT2D eigenvalue weighted by molar-refractivity contribution is 0.145. The van der Waals surface area contributed by atoms with Crippen molar-refractivity contribution in [2.75, 3.05) is 13.2 Å². The van der Waals surface area contributed by atoms with Gasteiger partial charge in [0.2, 0.25) is 0 Å². The van der Waals surface area contributed by atoms with Crippen LogP contribution in [0, 0.1) is 0 Å². The number of carbonyl (C=O) groups excluding carboxylic acids is 1. The van der Waals surface area contributed by atoms with Crippen LogP contribution in [0.5, 0.6) is 0 Å². The van der Waals surface area contributed by atoms with Crippen LogP contribution >= 0.6 is 0 Å². The Balaban J connectivity index is 2.22. The van der Waals surface area contributed by atoms with Crippen molar-refractivity contribution in [3.05, 3.63) is 12.2 Å². The van der Waals surface area contributed by atoms with Crippen molar-refractivity contribution in [1.82, 2.24) is 5.32 Å². The zero-order valence-electron chi connectivity index (χ0n) is 9.34. The lowest BCUT2D eigenvalue weighted by Crippen LogP contribution is -2.24. The third-order valence-electron chi connectivity index (χ3n) is 2.53.